The van der Waals surface area contributed by atoms with Crippen molar-refractivity contribution in [1.29, 1.82) is 0 Å². The molecule has 1 aliphatic heterocycles. The molecule has 4 rings (SSSR count). The highest BCUT2D eigenvalue weighted by atomic mass is 79.9. The van der Waals surface area contributed by atoms with Crippen LogP contribution in [0.5, 0.6) is 0 Å². The lowest BCUT2D eigenvalue weighted by Gasteiger charge is -2.43. The zero-order valence-electron chi connectivity index (χ0n) is 18.3. The smallest absolute Gasteiger partial charge is 0.258 e. The maximum Gasteiger partial charge on any atom is 0.258 e. The number of halogens is 3. The topological polar surface area (TPSA) is 40.6 Å². The fraction of sp³-hybridized carbons (Fsp3) is 0.231. The van der Waals surface area contributed by atoms with Gasteiger partial charge < -0.3 is 9.80 Å². The lowest BCUT2D eigenvalue weighted by Crippen LogP contribution is -2.47. The molecule has 3 aromatic rings. The van der Waals surface area contributed by atoms with Crippen LogP contribution in [0, 0.1) is 5.82 Å². The van der Waals surface area contributed by atoms with Gasteiger partial charge >= 0.3 is 0 Å². The first-order chi connectivity index (χ1) is 15.8. The van der Waals surface area contributed by atoms with Crippen molar-refractivity contribution in [1.82, 2.24) is 0 Å². The summed E-state index contributed by atoms with van der Waals surface area (Å²) in [5.41, 5.74) is 2.88. The van der Waals surface area contributed by atoms with Crippen molar-refractivity contribution in [2.24, 2.45) is 0 Å². The zero-order chi connectivity index (χ0) is 23.7. The molecule has 1 heterocycles. The summed E-state index contributed by atoms with van der Waals surface area (Å²) in [4.78, 5) is 30.2. The molecule has 0 fully saturated rings. The van der Waals surface area contributed by atoms with Gasteiger partial charge in [0.2, 0.25) is 5.91 Å². The van der Waals surface area contributed by atoms with Gasteiger partial charge in [0.05, 0.1) is 6.04 Å². The Morgan fingerprint density at radius 1 is 1.00 bits per heavy atom. The van der Waals surface area contributed by atoms with Crippen LogP contribution >= 0.6 is 31.9 Å². The van der Waals surface area contributed by atoms with Gasteiger partial charge in [-0.25, -0.2) is 4.39 Å². The van der Waals surface area contributed by atoms with E-state index in [0.717, 1.165) is 25.9 Å². The molecule has 0 bridgehead atoms. The Labute approximate surface area is 209 Å². The number of benzene rings is 3. The molecule has 0 saturated carbocycles. The largest absolute Gasteiger partial charge is 0.305 e. The van der Waals surface area contributed by atoms with E-state index in [0.29, 0.717) is 18.4 Å². The SMILES string of the molecule is CCC(=O)N(c1ccc(Br)cc1)[C@@H]1C[C@H](C)N(C(=O)c2ccc(F)cc2)c2ccc(Br)cc21. The molecule has 2 amide bonds. The minimum absolute atomic E-state index is 0.0127. The first kappa shape index (κ1) is 23.6. The van der Waals surface area contributed by atoms with Crippen LogP contribution in [0.3, 0.4) is 0 Å². The normalized spacial score (nSPS) is 17.4. The van der Waals surface area contributed by atoms with Crippen molar-refractivity contribution in [3.05, 3.63) is 92.6 Å². The van der Waals surface area contributed by atoms with Gasteiger partial charge in [0.25, 0.3) is 5.91 Å². The Kier molecular flexibility index (Phi) is 7.00. The molecule has 1 aliphatic rings. The molecule has 3 aromatic carbocycles. The lowest BCUT2D eigenvalue weighted by molar-refractivity contribution is -0.118. The number of hydrogen-bond acceptors (Lipinski definition) is 2. The molecule has 0 aliphatic carbocycles. The molecule has 33 heavy (non-hydrogen) atoms. The van der Waals surface area contributed by atoms with Crippen molar-refractivity contribution in [3.63, 3.8) is 0 Å². The molecule has 4 nitrogen and oxygen atoms in total. The van der Waals surface area contributed by atoms with E-state index in [1.807, 2.05) is 61.2 Å². The van der Waals surface area contributed by atoms with Gasteiger partial charge in [-0.15, -0.1) is 0 Å². The molecule has 0 aromatic heterocycles. The molecule has 0 N–H and O–H groups in total. The van der Waals surface area contributed by atoms with Crippen LogP contribution in [0.2, 0.25) is 0 Å². The van der Waals surface area contributed by atoms with Gasteiger partial charge in [-0.05, 0) is 85.6 Å². The van der Waals surface area contributed by atoms with E-state index in [1.165, 1.54) is 24.3 Å². The molecule has 2 atom stereocenters. The molecule has 0 saturated heterocycles. The van der Waals surface area contributed by atoms with Gasteiger partial charge in [0.1, 0.15) is 5.82 Å². The van der Waals surface area contributed by atoms with E-state index in [1.54, 1.807) is 4.90 Å². The van der Waals surface area contributed by atoms with Crippen LogP contribution in [0.25, 0.3) is 0 Å². The number of carbonyl (C=O) groups excluding carboxylic acids is 2. The maximum atomic E-state index is 13.4. The first-order valence-electron chi connectivity index (χ1n) is 10.8. The fourth-order valence-corrected chi connectivity index (χ4v) is 5.00. The monoisotopic (exact) mass is 572 g/mol. The standard InChI is InChI=1S/C26H23Br2FN2O2/c1-3-25(32)31(21-11-6-18(27)7-12-21)24-14-16(2)30(23-13-8-19(28)15-22(23)24)26(33)17-4-9-20(29)10-5-17/h4-13,15-16,24H,3,14H2,1-2H3/t16-,24+/m0/s1. The third-order valence-corrected chi connectivity index (χ3v) is 6.93. The summed E-state index contributed by atoms with van der Waals surface area (Å²) in [6.07, 6.45) is 0.931. The Morgan fingerprint density at radius 3 is 2.27 bits per heavy atom. The fourth-order valence-electron chi connectivity index (χ4n) is 4.36. The van der Waals surface area contributed by atoms with Gasteiger partial charge in [-0.1, -0.05) is 38.8 Å². The molecule has 0 spiro atoms. The number of rotatable bonds is 4. The molecule has 0 radical (unpaired) electrons. The van der Waals surface area contributed by atoms with E-state index in [2.05, 4.69) is 31.9 Å². The summed E-state index contributed by atoms with van der Waals surface area (Å²) in [5, 5.41) is 0. The molecular weight excluding hydrogens is 551 g/mol. The minimum atomic E-state index is -0.383. The second-order valence-electron chi connectivity index (χ2n) is 8.08. The highest BCUT2D eigenvalue weighted by Gasteiger charge is 2.38. The lowest BCUT2D eigenvalue weighted by atomic mass is 9.89. The average molecular weight is 574 g/mol. The summed E-state index contributed by atoms with van der Waals surface area (Å²) < 4.78 is 15.2. The number of hydrogen-bond donors (Lipinski definition) is 0. The summed E-state index contributed by atoms with van der Waals surface area (Å²) in [6.45, 7) is 3.84. The third kappa shape index (κ3) is 4.75. The highest BCUT2D eigenvalue weighted by molar-refractivity contribution is 9.10. The second kappa shape index (κ2) is 9.77. The number of anilines is 2. The Morgan fingerprint density at radius 2 is 1.64 bits per heavy atom. The zero-order valence-corrected chi connectivity index (χ0v) is 21.4. The van der Waals surface area contributed by atoms with Crippen LogP contribution < -0.4 is 9.80 Å². The van der Waals surface area contributed by atoms with Crippen LogP contribution in [0.15, 0.2) is 75.7 Å². The number of amides is 2. The van der Waals surface area contributed by atoms with Crippen LogP contribution in [0.4, 0.5) is 15.8 Å². The Hall–Kier alpha value is -2.51. The van der Waals surface area contributed by atoms with Gasteiger partial charge in [0.15, 0.2) is 0 Å². The number of fused-ring (bicyclic) bond motifs is 1. The molecule has 7 heteroatoms. The molecule has 170 valence electrons. The van der Waals surface area contributed by atoms with Crippen LogP contribution in [0.1, 0.15) is 48.7 Å². The van der Waals surface area contributed by atoms with Gasteiger partial charge in [-0.3, -0.25) is 9.59 Å². The minimum Gasteiger partial charge on any atom is -0.305 e. The maximum absolute atomic E-state index is 13.4. The van der Waals surface area contributed by atoms with Crippen molar-refractivity contribution in [3.8, 4) is 0 Å². The predicted molar refractivity (Wildman–Crippen MR) is 136 cm³/mol. The number of nitrogens with zero attached hydrogens (tertiary/aromatic N) is 2. The van der Waals surface area contributed by atoms with E-state index in [-0.39, 0.29) is 29.7 Å². The highest BCUT2D eigenvalue weighted by Crippen LogP contribution is 2.44. The molecule has 0 unspecified atom stereocenters. The van der Waals surface area contributed by atoms with Crippen LogP contribution in [-0.2, 0) is 4.79 Å². The summed E-state index contributed by atoms with van der Waals surface area (Å²) in [6, 6.07) is 18.6. The summed E-state index contributed by atoms with van der Waals surface area (Å²) >= 11 is 7.02. The van der Waals surface area contributed by atoms with E-state index in [9.17, 15) is 14.0 Å². The number of carbonyl (C=O) groups is 2. The van der Waals surface area contributed by atoms with Crippen molar-refractivity contribution in [2.75, 3.05) is 9.80 Å². The summed E-state index contributed by atoms with van der Waals surface area (Å²) in [7, 11) is 0. The van der Waals surface area contributed by atoms with Crippen molar-refractivity contribution in [2.45, 2.75) is 38.8 Å². The summed E-state index contributed by atoms with van der Waals surface area (Å²) in [5.74, 6) is -0.564. The quantitative estimate of drug-likeness (QED) is 0.329. The van der Waals surface area contributed by atoms with Crippen LogP contribution in [-0.4, -0.2) is 17.9 Å². The van der Waals surface area contributed by atoms with E-state index < -0.39 is 0 Å². The van der Waals surface area contributed by atoms with E-state index >= 15 is 0 Å². The van der Waals surface area contributed by atoms with Crippen molar-refractivity contribution >= 4 is 55.0 Å². The van der Waals surface area contributed by atoms with E-state index in [4.69, 9.17) is 0 Å². The second-order valence-corrected chi connectivity index (χ2v) is 9.91. The Balaban J connectivity index is 1.82. The van der Waals surface area contributed by atoms with Gasteiger partial charge in [-0.2, -0.15) is 0 Å². The first-order valence-corrected chi connectivity index (χ1v) is 12.3. The average Bonchev–Trinajstić information content (AvgIpc) is 2.80. The van der Waals surface area contributed by atoms with Crippen molar-refractivity contribution < 1.29 is 14.0 Å². The Bertz CT molecular complexity index is 1180. The third-order valence-electron chi connectivity index (χ3n) is 5.91. The molecular formula is C26H23Br2FN2O2. The predicted octanol–water partition coefficient (Wildman–Crippen LogP) is 7.27. The van der Waals surface area contributed by atoms with Gasteiger partial charge in [0, 0.05) is 38.3 Å².